The van der Waals surface area contributed by atoms with Crippen molar-refractivity contribution >= 4 is 32.2 Å². The quantitative estimate of drug-likeness (QED) is 0.546. The summed E-state index contributed by atoms with van der Waals surface area (Å²) >= 11 is 3.30. The third-order valence-electron chi connectivity index (χ3n) is 0.915. The lowest BCUT2D eigenvalue weighted by atomic mass is 10.6. The van der Waals surface area contributed by atoms with Gasteiger partial charge in [0.15, 0.2) is 5.51 Å². The van der Waals surface area contributed by atoms with Crippen LogP contribution in [0.25, 0.3) is 9.53 Å². The van der Waals surface area contributed by atoms with E-state index in [2.05, 4.69) is 10.5 Å². The summed E-state index contributed by atoms with van der Waals surface area (Å²) in [7, 11) is 0. The Labute approximate surface area is 54.6 Å². The lowest BCUT2D eigenvalue weighted by Crippen LogP contribution is -1.50. The van der Waals surface area contributed by atoms with Crippen LogP contribution in [0.2, 0.25) is 0 Å². The molecule has 0 bridgehead atoms. The summed E-state index contributed by atoms with van der Waals surface area (Å²) in [6, 6.07) is 2.01. The minimum atomic E-state index is 1.08. The van der Waals surface area contributed by atoms with Crippen molar-refractivity contribution in [3.05, 3.63) is 17.0 Å². The van der Waals surface area contributed by atoms with Gasteiger partial charge in [-0.3, -0.25) is 0 Å². The first-order valence-corrected chi connectivity index (χ1v) is 3.86. The van der Waals surface area contributed by atoms with Crippen LogP contribution in [0.1, 0.15) is 0 Å². The fourth-order valence-corrected chi connectivity index (χ4v) is 2.03. The van der Waals surface area contributed by atoms with Crippen LogP contribution in [0.5, 0.6) is 0 Å². The van der Waals surface area contributed by atoms with Gasteiger partial charge in [-0.05, 0) is 11.4 Å². The fraction of sp³-hybridized carbons (Fsp3) is 0. The van der Waals surface area contributed by atoms with Gasteiger partial charge in [0.1, 0.15) is 4.01 Å². The second-order valence-corrected chi connectivity index (χ2v) is 3.37. The second-order valence-electron chi connectivity index (χ2n) is 1.40. The van der Waals surface area contributed by atoms with Gasteiger partial charge in [0.05, 0.1) is 5.52 Å². The maximum absolute atomic E-state index is 3.98. The molecule has 0 aliphatic heterocycles. The first-order chi connectivity index (χ1) is 3.97. The van der Waals surface area contributed by atoms with E-state index in [1.54, 1.807) is 22.7 Å². The van der Waals surface area contributed by atoms with Gasteiger partial charge in [-0.25, -0.2) is 4.98 Å². The molecule has 0 fully saturated rings. The SMILES string of the molecule is [c]1nc2ccsc2s1. The van der Waals surface area contributed by atoms with Crippen LogP contribution in [0.3, 0.4) is 0 Å². The lowest BCUT2D eigenvalue weighted by molar-refractivity contribution is 1.50. The third kappa shape index (κ3) is 0.485. The van der Waals surface area contributed by atoms with Crippen molar-refractivity contribution in [2.75, 3.05) is 0 Å². The van der Waals surface area contributed by atoms with Gasteiger partial charge in [-0.1, -0.05) is 0 Å². The van der Waals surface area contributed by atoms with Crippen molar-refractivity contribution in [1.82, 2.24) is 4.98 Å². The van der Waals surface area contributed by atoms with E-state index in [0.717, 1.165) is 5.52 Å². The van der Waals surface area contributed by atoms with Crippen molar-refractivity contribution in [3.63, 3.8) is 0 Å². The largest absolute Gasteiger partial charge is 0.233 e. The third-order valence-corrected chi connectivity index (χ3v) is 2.73. The molecule has 0 N–H and O–H groups in total. The van der Waals surface area contributed by atoms with E-state index in [1.807, 2.05) is 11.4 Å². The number of rotatable bonds is 0. The molecule has 0 saturated heterocycles. The van der Waals surface area contributed by atoms with Crippen molar-refractivity contribution in [1.29, 1.82) is 0 Å². The molecule has 0 saturated carbocycles. The predicted molar refractivity (Wildman–Crippen MR) is 36.3 cm³/mol. The van der Waals surface area contributed by atoms with E-state index >= 15 is 0 Å². The average molecular weight is 140 g/mol. The summed E-state index contributed by atoms with van der Waals surface area (Å²) < 4.78 is 1.27. The van der Waals surface area contributed by atoms with Gasteiger partial charge in [0, 0.05) is 0 Å². The van der Waals surface area contributed by atoms with Crippen molar-refractivity contribution in [2.24, 2.45) is 0 Å². The van der Waals surface area contributed by atoms with Crippen LogP contribution in [0, 0.1) is 5.51 Å². The highest BCUT2D eigenvalue weighted by atomic mass is 32.2. The highest BCUT2D eigenvalue weighted by Crippen LogP contribution is 2.22. The van der Waals surface area contributed by atoms with Crippen LogP contribution in [-0.4, -0.2) is 4.98 Å². The van der Waals surface area contributed by atoms with Gasteiger partial charge in [-0.2, -0.15) is 0 Å². The number of thiophene rings is 1. The maximum atomic E-state index is 3.98. The standard InChI is InChI=1S/C5H2NS2/c1-2-7-5-4(1)6-3-8-5/h1-2H. The number of fused-ring (bicyclic) bond motifs is 1. The number of hydrogen-bond acceptors (Lipinski definition) is 3. The lowest BCUT2D eigenvalue weighted by Gasteiger charge is -1.61. The molecule has 0 spiro atoms. The van der Waals surface area contributed by atoms with Crippen LogP contribution < -0.4 is 0 Å². The highest BCUT2D eigenvalue weighted by Gasteiger charge is 1.93. The maximum Gasteiger partial charge on any atom is 0.154 e. The normalized spacial score (nSPS) is 10.5. The van der Waals surface area contributed by atoms with E-state index in [1.165, 1.54) is 4.01 Å². The monoisotopic (exact) mass is 140 g/mol. The molecular formula is C5H2NS2. The topological polar surface area (TPSA) is 12.9 Å². The van der Waals surface area contributed by atoms with Crippen LogP contribution >= 0.6 is 22.7 Å². The molecule has 1 radical (unpaired) electrons. The Kier molecular flexibility index (Phi) is 0.856. The molecule has 2 heterocycles. The summed E-state index contributed by atoms with van der Waals surface area (Å²) in [5, 5.41) is 2.04. The first-order valence-electron chi connectivity index (χ1n) is 2.17. The van der Waals surface area contributed by atoms with E-state index in [4.69, 9.17) is 0 Å². The Morgan fingerprint density at radius 3 is 3.50 bits per heavy atom. The van der Waals surface area contributed by atoms with Crippen LogP contribution in [0.4, 0.5) is 0 Å². The zero-order valence-electron chi connectivity index (χ0n) is 3.92. The zero-order valence-corrected chi connectivity index (χ0v) is 5.55. The molecular weight excluding hydrogens is 138 g/mol. The molecule has 39 valence electrons. The molecule has 0 unspecified atom stereocenters. The zero-order chi connectivity index (χ0) is 5.40. The van der Waals surface area contributed by atoms with Crippen molar-refractivity contribution in [3.8, 4) is 0 Å². The fourth-order valence-electron chi connectivity index (χ4n) is 0.561. The molecule has 0 aliphatic carbocycles. The summed E-state index contributed by atoms with van der Waals surface area (Å²) in [6.45, 7) is 0. The van der Waals surface area contributed by atoms with Crippen molar-refractivity contribution in [2.45, 2.75) is 0 Å². The van der Waals surface area contributed by atoms with E-state index in [-0.39, 0.29) is 0 Å². The van der Waals surface area contributed by atoms with Gasteiger partial charge < -0.3 is 0 Å². The Morgan fingerprint density at radius 1 is 1.62 bits per heavy atom. The number of hydrogen-bond donors (Lipinski definition) is 0. The highest BCUT2D eigenvalue weighted by molar-refractivity contribution is 7.36. The first kappa shape index (κ1) is 4.47. The van der Waals surface area contributed by atoms with Crippen LogP contribution in [-0.2, 0) is 0 Å². The predicted octanol–water partition coefficient (Wildman–Crippen LogP) is 2.16. The summed E-state index contributed by atoms with van der Waals surface area (Å²) in [6.07, 6.45) is 0. The molecule has 2 aromatic heterocycles. The second kappa shape index (κ2) is 1.53. The van der Waals surface area contributed by atoms with Gasteiger partial charge >= 0.3 is 0 Å². The van der Waals surface area contributed by atoms with Gasteiger partial charge in [-0.15, -0.1) is 22.7 Å². The van der Waals surface area contributed by atoms with Crippen LogP contribution in [0.15, 0.2) is 11.4 Å². The summed E-state index contributed by atoms with van der Waals surface area (Å²) in [5.41, 5.74) is 3.90. The molecule has 0 amide bonds. The summed E-state index contributed by atoms with van der Waals surface area (Å²) in [5.74, 6) is 0. The Balaban J connectivity index is 3.06. The Bertz CT molecular complexity index is 232. The van der Waals surface area contributed by atoms with E-state index in [0.29, 0.717) is 0 Å². The van der Waals surface area contributed by atoms with Gasteiger partial charge in [0.2, 0.25) is 0 Å². The van der Waals surface area contributed by atoms with E-state index in [9.17, 15) is 0 Å². The minimum Gasteiger partial charge on any atom is -0.233 e. The van der Waals surface area contributed by atoms with Crippen molar-refractivity contribution < 1.29 is 0 Å². The number of aromatic nitrogens is 1. The Morgan fingerprint density at radius 2 is 2.62 bits per heavy atom. The molecule has 8 heavy (non-hydrogen) atoms. The number of thiazole rings is 1. The molecule has 2 rings (SSSR count). The number of nitrogens with zero attached hydrogens (tertiary/aromatic N) is 1. The molecule has 3 heteroatoms. The van der Waals surface area contributed by atoms with Gasteiger partial charge in [0.25, 0.3) is 0 Å². The summed E-state index contributed by atoms with van der Waals surface area (Å²) in [4.78, 5) is 3.98. The molecule has 0 aliphatic rings. The molecule has 0 aromatic carbocycles. The smallest absolute Gasteiger partial charge is 0.154 e. The molecule has 1 nitrogen and oxygen atoms in total. The average Bonchev–Trinajstić information content (AvgIpc) is 2.15. The molecule has 2 aromatic rings. The van der Waals surface area contributed by atoms with E-state index < -0.39 is 0 Å². The minimum absolute atomic E-state index is 1.08. The molecule has 0 atom stereocenters. The Hall–Kier alpha value is -0.410.